The number of halogens is 2. The predicted molar refractivity (Wildman–Crippen MR) is 112 cm³/mol. The highest BCUT2D eigenvalue weighted by molar-refractivity contribution is 6.45. The summed E-state index contributed by atoms with van der Waals surface area (Å²) in [6, 6.07) is 1.88. The highest BCUT2D eigenvalue weighted by Gasteiger charge is 2.51. The number of carbonyl (C=O) groups is 2. The lowest BCUT2D eigenvalue weighted by atomic mass is 9.68. The highest BCUT2D eigenvalue weighted by atomic mass is 35.5. The summed E-state index contributed by atoms with van der Waals surface area (Å²) >= 11 is 13.0. The number of unbranched alkanes of at least 4 members (excludes halogenated alkanes) is 1. The van der Waals surface area contributed by atoms with E-state index < -0.39 is 0 Å². The fourth-order valence-corrected chi connectivity index (χ4v) is 5.45. The molecule has 6 heteroatoms. The first kappa shape index (κ1) is 21.4. The lowest BCUT2D eigenvalue weighted by Gasteiger charge is -2.34. The molecule has 3 rings (SSSR count). The first-order valence-corrected chi connectivity index (χ1v) is 11.1. The van der Waals surface area contributed by atoms with Crippen LogP contribution in [0.4, 0.5) is 0 Å². The van der Waals surface area contributed by atoms with Gasteiger partial charge in [-0.1, -0.05) is 55.8 Å². The lowest BCUT2D eigenvalue weighted by molar-refractivity contribution is -0.118. The van der Waals surface area contributed by atoms with Crippen molar-refractivity contribution >= 4 is 34.9 Å². The Bertz CT molecular complexity index is 759. The van der Waals surface area contributed by atoms with Gasteiger partial charge < -0.3 is 10.5 Å². The molecule has 2 aliphatic rings. The maximum absolute atomic E-state index is 13.6. The fourth-order valence-electron chi connectivity index (χ4n) is 4.95. The van der Waals surface area contributed by atoms with Crippen LogP contribution in [0.5, 0.6) is 5.75 Å². The van der Waals surface area contributed by atoms with Gasteiger partial charge in [0.15, 0.2) is 5.78 Å². The number of fused-ring (bicyclic) bond motifs is 1. The molecule has 1 atom stereocenters. The largest absolute Gasteiger partial charge is 0.492 e. The minimum absolute atomic E-state index is 0.176. The standard InChI is InChI=1S/C22H29Cl2NO3/c1-2-3-10-22(15-7-4-5-8-15)13-14-12-16(28-11-6-9-17(25)26)19(23)20(24)18(14)21(22)27/h12,15H,2-11,13H2,1H3,(H2,25,26). The van der Waals surface area contributed by atoms with Gasteiger partial charge >= 0.3 is 0 Å². The molecular formula is C22H29Cl2NO3. The maximum Gasteiger partial charge on any atom is 0.217 e. The number of nitrogens with two attached hydrogens (primary N) is 1. The summed E-state index contributed by atoms with van der Waals surface area (Å²) in [5, 5.41) is 0.594. The maximum atomic E-state index is 13.6. The van der Waals surface area contributed by atoms with Crippen molar-refractivity contribution in [3.63, 3.8) is 0 Å². The zero-order valence-corrected chi connectivity index (χ0v) is 18.0. The third kappa shape index (κ3) is 4.04. The van der Waals surface area contributed by atoms with Gasteiger partial charge in [0.2, 0.25) is 5.91 Å². The molecule has 1 fully saturated rings. The van der Waals surface area contributed by atoms with Gasteiger partial charge in [-0.15, -0.1) is 0 Å². The van der Waals surface area contributed by atoms with E-state index in [4.69, 9.17) is 33.7 Å². The first-order chi connectivity index (χ1) is 13.4. The highest BCUT2D eigenvalue weighted by Crippen LogP contribution is 2.54. The van der Waals surface area contributed by atoms with Crippen molar-refractivity contribution < 1.29 is 14.3 Å². The lowest BCUT2D eigenvalue weighted by Crippen LogP contribution is -2.35. The average Bonchev–Trinajstić information content (AvgIpc) is 3.28. The van der Waals surface area contributed by atoms with Crippen molar-refractivity contribution in [1.29, 1.82) is 0 Å². The topological polar surface area (TPSA) is 69.4 Å². The predicted octanol–water partition coefficient (Wildman–Crippen LogP) is 5.74. The second-order valence-electron chi connectivity index (χ2n) is 8.20. The number of hydrogen-bond acceptors (Lipinski definition) is 3. The quantitative estimate of drug-likeness (QED) is 0.512. The molecule has 0 bridgehead atoms. The van der Waals surface area contributed by atoms with E-state index in [0.717, 1.165) is 44.1 Å². The Balaban J connectivity index is 1.88. The average molecular weight is 426 g/mol. The van der Waals surface area contributed by atoms with Gasteiger partial charge in [0, 0.05) is 17.4 Å². The van der Waals surface area contributed by atoms with Crippen molar-refractivity contribution in [3.8, 4) is 5.75 Å². The number of amides is 1. The van der Waals surface area contributed by atoms with E-state index in [1.54, 1.807) is 0 Å². The molecule has 1 unspecified atom stereocenters. The van der Waals surface area contributed by atoms with Crippen molar-refractivity contribution in [1.82, 2.24) is 0 Å². The summed E-state index contributed by atoms with van der Waals surface area (Å²) in [5.74, 6) is 0.730. The van der Waals surface area contributed by atoms with E-state index in [1.165, 1.54) is 12.8 Å². The molecule has 0 radical (unpaired) electrons. The second-order valence-corrected chi connectivity index (χ2v) is 8.96. The molecule has 2 aliphatic carbocycles. The molecule has 0 aliphatic heterocycles. The number of carbonyl (C=O) groups excluding carboxylic acids is 2. The molecule has 1 amide bonds. The number of Topliss-reactive ketones (excluding diaryl/α,β-unsaturated/α-hetero) is 1. The number of ether oxygens (including phenoxy) is 1. The second kappa shape index (κ2) is 9.04. The summed E-state index contributed by atoms with van der Waals surface area (Å²) in [7, 11) is 0. The van der Waals surface area contributed by atoms with Gasteiger partial charge in [0.25, 0.3) is 0 Å². The summed E-state index contributed by atoms with van der Waals surface area (Å²) < 4.78 is 5.77. The number of benzene rings is 1. The van der Waals surface area contributed by atoms with Gasteiger partial charge in [0.05, 0.1) is 11.6 Å². The van der Waals surface area contributed by atoms with Crippen LogP contribution in [-0.4, -0.2) is 18.3 Å². The number of primary amides is 1. The van der Waals surface area contributed by atoms with E-state index >= 15 is 0 Å². The molecule has 0 spiro atoms. The Hall–Kier alpha value is -1.26. The Morgan fingerprint density at radius 1 is 1.25 bits per heavy atom. The SMILES string of the molecule is CCCCC1(C2CCCC2)Cc2cc(OCCCC(N)=O)c(Cl)c(Cl)c2C1=O. The van der Waals surface area contributed by atoms with E-state index in [0.29, 0.717) is 35.3 Å². The Morgan fingerprint density at radius 2 is 1.96 bits per heavy atom. The molecule has 1 aromatic carbocycles. The van der Waals surface area contributed by atoms with Gasteiger partial charge in [-0.05, 0) is 49.7 Å². The zero-order valence-electron chi connectivity index (χ0n) is 16.5. The first-order valence-electron chi connectivity index (χ1n) is 10.4. The van der Waals surface area contributed by atoms with Crippen LogP contribution in [-0.2, 0) is 11.2 Å². The van der Waals surface area contributed by atoms with Crippen molar-refractivity contribution in [2.45, 2.75) is 71.1 Å². The van der Waals surface area contributed by atoms with Gasteiger partial charge in [0.1, 0.15) is 10.8 Å². The number of ketones is 1. The minimum atomic E-state index is -0.357. The van der Waals surface area contributed by atoms with Crippen LogP contribution >= 0.6 is 23.2 Å². The molecule has 0 heterocycles. The third-order valence-electron chi connectivity index (χ3n) is 6.38. The summed E-state index contributed by atoms with van der Waals surface area (Å²) in [6.07, 6.45) is 9.15. The molecule has 154 valence electrons. The van der Waals surface area contributed by atoms with E-state index in [1.807, 2.05) is 6.07 Å². The molecular weight excluding hydrogens is 397 g/mol. The van der Waals surface area contributed by atoms with Crippen LogP contribution in [0.25, 0.3) is 0 Å². The number of rotatable bonds is 9. The Morgan fingerprint density at radius 3 is 2.61 bits per heavy atom. The third-order valence-corrected chi connectivity index (χ3v) is 7.23. The number of hydrogen-bond donors (Lipinski definition) is 1. The van der Waals surface area contributed by atoms with Gasteiger partial charge in [-0.25, -0.2) is 0 Å². The van der Waals surface area contributed by atoms with Crippen molar-refractivity contribution in [2.24, 2.45) is 17.1 Å². The van der Waals surface area contributed by atoms with E-state index in [2.05, 4.69) is 6.92 Å². The zero-order chi connectivity index (χ0) is 20.3. The summed E-state index contributed by atoms with van der Waals surface area (Å²) in [5.41, 5.74) is 6.37. The van der Waals surface area contributed by atoms with Crippen LogP contribution in [0.2, 0.25) is 10.0 Å². The smallest absolute Gasteiger partial charge is 0.217 e. The van der Waals surface area contributed by atoms with Crippen LogP contribution in [0.1, 0.15) is 80.6 Å². The van der Waals surface area contributed by atoms with Crippen LogP contribution in [0.15, 0.2) is 6.07 Å². The van der Waals surface area contributed by atoms with Gasteiger partial charge in [-0.2, -0.15) is 0 Å². The minimum Gasteiger partial charge on any atom is -0.492 e. The molecule has 2 N–H and O–H groups in total. The van der Waals surface area contributed by atoms with E-state index in [9.17, 15) is 9.59 Å². The van der Waals surface area contributed by atoms with Gasteiger partial charge in [-0.3, -0.25) is 9.59 Å². The monoisotopic (exact) mass is 425 g/mol. The Labute approximate surface area is 177 Å². The molecule has 4 nitrogen and oxygen atoms in total. The molecule has 1 saturated carbocycles. The fraction of sp³-hybridized carbons (Fsp3) is 0.636. The van der Waals surface area contributed by atoms with Crippen LogP contribution in [0.3, 0.4) is 0 Å². The van der Waals surface area contributed by atoms with Crippen LogP contribution < -0.4 is 10.5 Å². The normalized spacial score (nSPS) is 21.9. The summed E-state index contributed by atoms with van der Waals surface area (Å²) in [6.45, 7) is 2.49. The van der Waals surface area contributed by atoms with Crippen molar-refractivity contribution in [2.75, 3.05) is 6.61 Å². The summed E-state index contributed by atoms with van der Waals surface area (Å²) in [4.78, 5) is 24.5. The molecule has 0 aromatic heterocycles. The molecule has 0 saturated heterocycles. The Kier molecular flexibility index (Phi) is 6.93. The molecule has 28 heavy (non-hydrogen) atoms. The molecule has 1 aromatic rings. The van der Waals surface area contributed by atoms with Crippen LogP contribution in [0, 0.1) is 11.3 Å². The van der Waals surface area contributed by atoms with E-state index in [-0.39, 0.29) is 28.5 Å². The van der Waals surface area contributed by atoms with Crippen molar-refractivity contribution in [3.05, 3.63) is 27.2 Å².